The van der Waals surface area contributed by atoms with E-state index in [0.717, 1.165) is 0 Å². The summed E-state index contributed by atoms with van der Waals surface area (Å²) in [6.07, 6.45) is -2.81. The minimum atomic E-state index is -4.18. The van der Waals surface area contributed by atoms with Crippen molar-refractivity contribution >= 4 is 23.5 Å². The van der Waals surface area contributed by atoms with Gasteiger partial charge in [-0.2, -0.15) is 18.2 Å². The van der Waals surface area contributed by atoms with Gasteiger partial charge in [0.1, 0.15) is 0 Å². The molecule has 0 bridgehead atoms. The van der Waals surface area contributed by atoms with Crippen molar-refractivity contribution in [1.82, 2.24) is 0 Å². The summed E-state index contributed by atoms with van der Waals surface area (Å²) in [6, 6.07) is 4.54. The van der Waals surface area contributed by atoms with Gasteiger partial charge in [0.05, 0.1) is 11.4 Å². The summed E-state index contributed by atoms with van der Waals surface area (Å²) in [7, 11) is 0. The molecule has 0 spiro atoms. The highest BCUT2D eigenvalue weighted by atomic mass is 32.2. The van der Waals surface area contributed by atoms with Crippen molar-refractivity contribution in [1.29, 1.82) is 0 Å². The van der Waals surface area contributed by atoms with Crippen LogP contribution in [-0.2, 0) is 4.79 Å². The Bertz CT molecular complexity index is 425. The fourth-order valence-electron chi connectivity index (χ4n) is 1.08. The van der Waals surface area contributed by atoms with Crippen molar-refractivity contribution in [3.05, 3.63) is 23.8 Å². The summed E-state index contributed by atoms with van der Waals surface area (Å²) in [5.74, 6) is -0.926. The molecule has 0 heterocycles. The van der Waals surface area contributed by atoms with E-state index in [4.69, 9.17) is 0 Å². The van der Waals surface area contributed by atoms with Gasteiger partial charge in [0.25, 0.3) is 0 Å². The van der Waals surface area contributed by atoms with E-state index < -0.39 is 11.9 Å². The Balaban J connectivity index is 2.79. The largest absolute Gasteiger partial charge is 0.398 e. The minimum absolute atomic E-state index is 0.392. The van der Waals surface area contributed by atoms with Crippen LogP contribution < -0.4 is 0 Å². The van der Waals surface area contributed by atoms with E-state index in [1.165, 1.54) is 18.2 Å². The first-order valence-electron chi connectivity index (χ1n) is 4.30. The molecule has 2 nitrogen and oxygen atoms in total. The molecule has 1 rings (SSSR count). The summed E-state index contributed by atoms with van der Waals surface area (Å²) >= 11 is 0.716. The summed E-state index contributed by atoms with van der Waals surface area (Å²) in [5, 5.41) is 0. The van der Waals surface area contributed by atoms with Crippen LogP contribution in [0.15, 0.2) is 28.1 Å². The maximum atomic E-state index is 12.0. The highest BCUT2D eigenvalue weighted by Crippen LogP contribution is 2.30. The van der Waals surface area contributed by atoms with E-state index in [-0.39, 0.29) is 0 Å². The molecular weight excluding hydrogens is 239 g/mol. The maximum Gasteiger partial charge on any atom is 0.398 e. The molecule has 0 atom stereocenters. The number of aryl methyl sites for hydroxylation is 1. The monoisotopic (exact) mass is 247 g/mol. The molecule has 0 aliphatic heterocycles. The second kappa shape index (κ2) is 5.18. The number of nitrogens with zero attached hydrogens (tertiary/aromatic N) is 1. The lowest BCUT2D eigenvalue weighted by atomic mass is 10.2. The molecule has 16 heavy (non-hydrogen) atoms. The third-order valence-electron chi connectivity index (χ3n) is 1.72. The molecule has 0 aliphatic rings. The average Bonchev–Trinajstić information content (AvgIpc) is 2.15. The number of aliphatic imine (C=N–C) groups is 1. The Labute approximate surface area is 94.6 Å². The zero-order valence-corrected chi connectivity index (χ0v) is 9.15. The quantitative estimate of drug-likeness (QED) is 0.464. The first kappa shape index (κ1) is 12.8. The Hall–Kier alpha value is -1.26. The number of rotatable bonds is 3. The number of carbonyl (C=O) groups excluding carboxylic acids is 1. The zero-order valence-electron chi connectivity index (χ0n) is 8.34. The molecule has 1 aromatic carbocycles. The lowest BCUT2D eigenvalue weighted by Gasteiger charge is -2.08. The summed E-state index contributed by atoms with van der Waals surface area (Å²) < 4.78 is 35.9. The van der Waals surface area contributed by atoms with Gasteiger partial charge in [-0.25, -0.2) is 4.79 Å². The third kappa shape index (κ3) is 4.08. The highest BCUT2D eigenvalue weighted by Gasteiger charge is 2.27. The number of isocyanates is 1. The molecule has 86 valence electrons. The molecule has 0 aromatic heterocycles. The third-order valence-corrected chi connectivity index (χ3v) is 2.97. The van der Waals surface area contributed by atoms with Gasteiger partial charge >= 0.3 is 6.18 Å². The minimum Gasteiger partial charge on any atom is -0.211 e. The smallest absolute Gasteiger partial charge is 0.211 e. The first-order chi connectivity index (χ1) is 7.42. The second-order valence-electron chi connectivity index (χ2n) is 3.06. The zero-order chi connectivity index (χ0) is 12.2. The van der Waals surface area contributed by atoms with Crippen LogP contribution in [0.2, 0.25) is 0 Å². The van der Waals surface area contributed by atoms with Crippen molar-refractivity contribution in [3.63, 3.8) is 0 Å². The van der Waals surface area contributed by atoms with E-state index in [0.29, 0.717) is 27.9 Å². The van der Waals surface area contributed by atoms with Gasteiger partial charge in [-0.05, 0) is 30.7 Å². The fourth-order valence-corrected chi connectivity index (χ4v) is 1.85. The number of thioether (sulfide) groups is 1. The first-order valence-corrected chi connectivity index (χ1v) is 5.29. The lowest BCUT2D eigenvalue weighted by molar-refractivity contribution is -0.105. The van der Waals surface area contributed by atoms with Crippen molar-refractivity contribution < 1.29 is 18.0 Å². The maximum absolute atomic E-state index is 12.0. The molecule has 0 amide bonds. The van der Waals surface area contributed by atoms with Crippen LogP contribution in [0.5, 0.6) is 0 Å². The molecule has 0 N–H and O–H groups in total. The summed E-state index contributed by atoms with van der Waals surface area (Å²) in [4.78, 5) is 13.9. The van der Waals surface area contributed by atoms with E-state index in [1.54, 1.807) is 13.0 Å². The van der Waals surface area contributed by atoms with Crippen LogP contribution in [0.25, 0.3) is 0 Å². The van der Waals surface area contributed by atoms with E-state index >= 15 is 0 Å². The van der Waals surface area contributed by atoms with Crippen molar-refractivity contribution in [2.45, 2.75) is 18.0 Å². The highest BCUT2D eigenvalue weighted by molar-refractivity contribution is 7.99. The van der Waals surface area contributed by atoms with E-state index in [2.05, 4.69) is 4.99 Å². The van der Waals surface area contributed by atoms with Crippen LogP contribution in [0, 0.1) is 6.92 Å². The molecule has 1 aromatic rings. The van der Waals surface area contributed by atoms with Gasteiger partial charge in [-0.1, -0.05) is 0 Å². The molecule has 0 saturated heterocycles. The molecule has 0 fully saturated rings. The second-order valence-corrected chi connectivity index (χ2v) is 4.07. The van der Waals surface area contributed by atoms with Crippen LogP contribution >= 0.6 is 11.8 Å². The number of benzene rings is 1. The Kier molecular flexibility index (Phi) is 4.15. The molecule has 0 radical (unpaired) electrons. The van der Waals surface area contributed by atoms with Crippen LogP contribution in [0.1, 0.15) is 5.56 Å². The van der Waals surface area contributed by atoms with Crippen LogP contribution in [0.3, 0.4) is 0 Å². The van der Waals surface area contributed by atoms with Crippen molar-refractivity contribution in [2.24, 2.45) is 4.99 Å². The number of alkyl halides is 3. The van der Waals surface area contributed by atoms with Crippen molar-refractivity contribution in [2.75, 3.05) is 5.75 Å². The van der Waals surface area contributed by atoms with Gasteiger partial charge in [-0.3, -0.25) is 0 Å². The number of hydrogen-bond donors (Lipinski definition) is 0. The van der Waals surface area contributed by atoms with Gasteiger partial charge in [0.15, 0.2) is 0 Å². The van der Waals surface area contributed by atoms with Crippen LogP contribution in [0.4, 0.5) is 18.9 Å². The Morgan fingerprint density at radius 3 is 2.62 bits per heavy atom. The Morgan fingerprint density at radius 1 is 1.44 bits per heavy atom. The summed E-state index contributed by atoms with van der Waals surface area (Å²) in [5.41, 5.74) is 1.05. The van der Waals surface area contributed by atoms with Crippen LogP contribution in [-0.4, -0.2) is 18.0 Å². The van der Waals surface area contributed by atoms with E-state index in [9.17, 15) is 18.0 Å². The normalized spacial score (nSPS) is 11.0. The lowest BCUT2D eigenvalue weighted by Crippen LogP contribution is -2.10. The molecule has 0 aliphatic carbocycles. The van der Waals surface area contributed by atoms with Gasteiger partial charge in [-0.15, -0.1) is 11.8 Å². The van der Waals surface area contributed by atoms with Gasteiger partial charge < -0.3 is 0 Å². The fraction of sp³-hybridized carbons (Fsp3) is 0.300. The topological polar surface area (TPSA) is 29.4 Å². The summed E-state index contributed by atoms with van der Waals surface area (Å²) in [6.45, 7) is 1.67. The molecular formula is C10H8F3NOS. The Morgan fingerprint density at radius 2 is 2.12 bits per heavy atom. The molecule has 0 saturated carbocycles. The SMILES string of the molecule is Cc1cc(N=C=O)ccc1SCC(F)(F)F. The standard InChI is InChI=1S/C10H8F3NOS/c1-7-4-8(14-6-15)2-3-9(7)16-5-10(11,12)13/h2-4H,5H2,1H3. The number of hydrogen-bond acceptors (Lipinski definition) is 3. The predicted octanol–water partition coefficient (Wildman–Crippen LogP) is 3.62. The van der Waals surface area contributed by atoms with Crippen molar-refractivity contribution in [3.8, 4) is 0 Å². The molecule has 0 unspecified atom stereocenters. The molecule has 6 heteroatoms. The van der Waals surface area contributed by atoms with Gasteiger partial charge in [0.2, 0.25) is 6.08 Å². The predicted molar refractivity (Wildman–Crippen MR) is 55.7 cm³/mol. The van der Waals surface area contributed by atoms with E-state index in [1.807, 2.05) is 0 Å². The average molecular weight is 247 g/mol. The number of halogens is 3. The van der Waals surface area contributed by atoms with Gasteiger partial charge in [0, 0.05) is 4.90 Å².